The van der Waals surface area contributed by atoms with Gasteiger partial charge in [0, 0.05) is 38.3 Å². The van der Waals surface area contributed by atoms with Crippen LogP contribution in [0.5, 0.6) is 5.75 Å². The van der Waals surface area contributed by atoms with Gasteiger partial charge >= 0.3 is 0 Å². The number of ether oxygens (including phenoxy) is 1. The molecule has 8 nitrogen and oxygen atoms in total. The Hall–Kier alpha value is -3.42. The summed E-state index contributed by atoms with van der Waals surface area (Å²) in [5, 5.41) is 10.9. The van der Waals surface area contributed by atoms with Crippen LogP contribution in [0.2, 0.25) is 0 Å². The smallest absolute Gasteiger partial charge is 0.287 e. The van der Waals surface area contributed by atoms with E-state index in [4.69, 9.17) is 4.74 Å². The number of nitro groups is 1. The third-order valence-corrected chi connectivity index (χ3v) is 4.75. The van der Waals surface area contributed by atoms with Crippen LogP contribution in [-0.2, 0) is 4.79 Å². The summed E-state index contributed by atoms with van der Waals surface area (Å²) in [5.74, 6) is 1.50. The van der Waals surface area contributed by atoms with E-state index in [-0.39, 0.29) is 11.6 Å². The van der Waals surface area contributed by atoms with Crippen LogP contribution < -0.4 is 9.64 Å². The molecule has 2 heterocycles. The third-order valence-electron chi connectivity index (χ3n) is 4.75. The Morgan fingerprint density at radius 1 is 1.24 bits per heavy atom. The van der Waals surface area contributed by atoms with Crippen molar-refractivity contribution in [3.05, 3.63) is 63.8 Å². The number of aromatic nitrogens is 1. The Bertz CT molecular complexity index is 903. The maximum Gasteiger partial charge on any atom is 0.287 e. The molecule has 0 bridgehead atoms. The number of piperazine rings is 1. The first kappa shape index (κ1) is 20.3. The summed E-state index contributed by atoms with van der Waals surface area (Å²) in [5.41, 5.74) is 1.68. The van der Waals surface area contributed by atoms with Gasteiger partial charge in [0.25, 0.3) is 5.69 Å². The summed E-state index contributed by atoms with van der Waals surface area (Å²) in [7, 11) is 0. The van der Waals surface area contributed by atoms with Crippen molar-refractivity contribution in [2.45, 2.75) is 13.8 Å². The van der Waals surface area contributed by atoms with E-state index in [2.05, 4.69) is 9.88 Å². The summed E-state index contributed by atoms with van der Waals surface area (Å²) in [6, 6.07) is 9.11. The Balaban J connectivity index is 1.56. The second-order valence-corrected chi connectivity index (χ2v) is 6.74. The molecule has 0 radical (unpaired) electrons. The van der Waals surface area contributed by atoms with E-state index in [1.165, 1.54) is 12.3 Å². The van der Waals surface area contributed by atoms with Gasteiger partial charge in [-0.1, -0.05) is 12.1 Å². The molecule has 0 N–H and O–H groups in total. The van der Waals surface area contributed by atoms with E-state index in [0.717, 1.165) is 22.7 Å². The van der Waals surface area contributed by atoms with E-state index in [0.29, 0.717) is 32.8 Å². The number of aryl methyl sites for hydroxylation is 1. The molecule has 0 unspecified atom stereocenters. The molecule has 1 aliphatic heterocycles. The predicted octanol–water partition coefficient (Wildman–Crippen LogP) is 3.06. The van der Waals surface area contributed by atoms with Crippen molar-refractivity contribution in [2.24, 2.45) is 0 Å². The first-order valence-electron chi connectivity index (χ1n) is 9.53. The number of carbonyl (C=O) groups excluding carboxylic acids is 1. The Kier molecular flexibility index (Phi) is 6.43. The van der Waals surface area contributed by atoms with Gasteiger partial charge in [0.2, 0.25) is 5.91 Å². The van der Waals surface area contributed by atoms with E-state index in [1.54, 1.807) is 17.1 Å². The lowest BCUT2D eigenvalue weighted by atomic mass is 10.2. The van der Waals surface area contributed by atoms with E-state index < -0.39 is 4.92 Å². The van der Waals surface area contributed by atoms with Crippen LogP contribution >= 0.6 is 0 Å². The zero-order chi connectivity index (χ0) is 20.8. The summed E-state index contributed by atoms with van der Waals surface area (Å²) in [6.45, 7) is 6.78. The first-order valence-corrected chi connectivity index (χ1v) is 9.53. The van der Waals surface area contributed by atoms with Crippen LogP contribution in [0.4, 0.5) is 11.5 Å². The molecule has 0 saturated carbocycles. The number of hydrogen-bond donors (Lipinski definition) is 0. The fraction of sp³-hybridized carbons (Fsp3) is 0.333. The van der Waals surface area contributed by atoms with Gasteiger partial charge in [0.15, 0.2) is 0 Å². The number of anilines is 1. The van der Waals surface area contributed by atoms with Crippen molar-refractivity contribution in [1.29, 1.82) is 0 Å². The Labute approximate surface area is 169 Å². The zero-order valence-electron chi connectivity index (χ0n) is 16.6. The lowest BCUT2D eigenvalue weighted by molar-refractivity contribution is -0.385. The standard InChI is InChI=1S/C21H24N4O4/c1-3-29-19-7-4-17(5-8-19)6-9-20(26)23-10-12-24(13-11-23)21-16(2)14-18(15-22-21)25(27)28/h4-9,14-15H,3,10-13H2,1-2H3/b9-6+. The summed E-state index contributed by atoms with van der Waals surface area (Å²) < 4.78 is 5.41. The van der Waals surface area contributed by atoms with E-state index in [9.17, 15) is 14.9 Å². The molecule has 29 heavy (non-hydrogen) atoms. The predicted molar refractivity (Wildman–Crippen MR) is 111 cm³/mol. The molecule has 2 aromatic rings. The molecule has 0 spiro atoms. The van der Waals surface area contributed by atoms with Crippen LogP contribution in [0.15, 0.2) is 42.6 Å². The van der Waals surface area contributed by atoms with Crippen LogP contribution in [0.1, 0.15) is 18.1 Å². The quantitative estimate of drug-likeness (QED) is 0.424. The molecule has 1 aliphatic rings. The lowest BCUT2D eigenvalue weighted by Crippen LogP contribution is -2.48. The van der Waals surface area contributed by atoms with Crippen molar-refractivity contribution in [3.63, 3.8) is 0 Å². The topological polar surface area (TPSA) is 88.8 Å². The highest BCUT2D eigenvalue weighted by Crippen LogP contribution is 2.22. The van der Waals surface area contributed by atoms with Gasteiger partial charge in [0.1, 0.15) is 17.8 Å². The minimum absolute atomic E-state index is 0.0144. The number of amides is 1. The molecule has 1 saturated heterocycles. The second-order valence-electron chi connectivity index (χ2n) is 6.74. The SMILES string of the molecule is CCOc1ccc(/C=C/C(=O)N2CCN(c3ncc([N+](=O)[O-])cc3C)CC2)cc1. The van der Waals surface area contributed by atoms with Gasteiger partial charge in [-0.3, -0.25) is 14.9 Å². The van der Waals surface area contributed by atoms with Crippen LogP contribution in [0, 0.1) is 17.0 Å². The van der Waals surface area contributed by atoms with Gasteiger partial charge in [0.05, 0.1) is 11.5 Å². The third kappa shape index (κ3) is 5.10. The number of hydrogen-bond acceptors (Lipinski definition) is 6. The minimum atomic E-state index is -0.447. The summed E-state index contributed by atoms with van der Waals surface area (Å²) in [6.07, 6.45) is 4.66. The normalized spacial score (nSPS) is 14.3. The fourth-order valence-corrected chi connectivity index (χ4v) is 3.24. The highest BCUT2D eigenvalue weighted by Gasteiger charge is 2.22. The molecule has 8 heteroatoms. The molecular weight excluding hydrogens is 372 g/mol. The fourth-order valence-electron chi connectivity index (χ4n) is 3.24. The molecule has 1 amide bonds. The summed E-state index contributed by atoms with van der Waals surface area (Å²) in [4.78, 5) is 31.0. The molecular formula is C21H24N4O4. The average molecular weight is 396 g/mol. The van der Waals surface area contributed by atoms with Gasteiger partial charge in [-0.05, 0) is 43.2 Å². The van der Waals surface area contributed by atoms with Crippen molar-refractivity contribution in [1.82, 2.24) is 9.88 Å². The molecule has 1 fully saturated rings. The number of nitrogens with zero attached hydrogens (tertiary/aromatic N) is 4. The molecule has 0 aliphatic carbocycles. The van der Waals surface area contributed by atoms with E-state index in [1.807, 2.05) is 38.1 Å². The van der Waals surface area contributed by atoms with Crippen molar-refractivity contribution >= 4 is 23.5 Å². The highest BCUT2D eigenvalue weighted by molar-refractivity contribution is 5.92. The zero-order valence-corrected chi connectivity index (χ0v) is 16.6. The van der Waals surface area contributed by atoms with E-state index >= 15 is 0 Å². The molecule has 3 rings (SSSR count). The Morgan fingerprint density at radius 3 is 2.52 bits per heavy atom. The lowest BCUT2D eigenvalue weighted by Gasteiger charge is -2.35. The van der Waals surface area contributed by atoms with Crippen molar-refractivity contribution in [3.8, 4) is 5.75 Å². The second kappa shape index (κ2) is 9.18. The van der Waals surface area contributed by atoms with Crippen molar-refractivity contribution < 1.29 is 14.5 Å². The molecule has 1 aromatic heterocycles. The van der Waals surface area contributed by atoms with Crippen molar-refractivity contribution in [2.75, 3.05) is 37.7 Å². The first-order chi connectivity index (χ1) is 14.0. The van der Waals surface area contributed by atoms with Gasteiger partial charge in [-0.25, -0.2) is 4.98 Å². The summed E-state index contributed by atoms with van der Waals surface area (Å²) >= 11 is 0. The largest absolute Gasteiger partial charge is 0.494 e. The van der Waals surface area contributed by atoms with Crippen LogP contribution in [-0.4, -0.2) is 53.5 Å². The number of pyridine rings is 1. The van der Waals surface area contributed by atoms with Gasteiger partial charge in [-0.15, -0.1) is 0 Å². The molecule has 1 aromatic carbocycles. The van der Waals surface area contributed by atoms with Gasteiger partial charge in [-0.2, -0.15) is 0 Å². The monoisotopic (exact) mass is 396 g/mol. The average Bonchev–Trinajstić information content (AvgIpc) is 2.73. The maximum absolute atomic E-state index is 12.5. The van der Waals surface area contributed by atoms with Gasteiger partial charge < -0.3 is 14.5 Å². The van der Waals surface area contributed by atoms with Crippen LogP contribution in [0.3, 0.4) is 0 Å². The number of carbonyl (C=O) groups is 1. The number of benzene rings is 1. The Morgan fingerprint density at radius 2 is 1.93 bits per heavy atom. The maximum atomic E-state index is 12.5. The molecule has 0 atom stereocenters. The molecule has 152 valence electrons. The number of rotatable bonds is 6. The highest BCUT2D eigenvalue weighted by atomic mass is 16.6. The van der Waals surface area contributed by atoms with Crippen LogP contribution in [0.25, 0.3) is 6.08 Å². The minimum Gasteiger partial charge on any atom is -0.494 e.